The molecular formula is C19H28N4O4. The minimum atomic E-state index is -0.542. The highest BCUT2D eigenvalue weighted by molar-refractivity contribution is 5.99. The molecule has 3 N–H and O–H groups in total. The second kappa shape index (κ2) is 9.91. The molecule has 1 heterocycles. The van der Waals surface area contributed by atoms with Crippen molar-refractivity contribution in [2.75, 3.05) is 38.3 Å². The van der Waals surface area contributed by atoms with Crippen LogP contribution in [0.1, 0.15) is 36.2 Å². The molecule has 1 aromatic rings. The summed E-state index contributed by atoms with van der Waals surface area (Å²) in [6.45, 7) is 5.29. The quantitative estimate of drug-likeness (QED) is 0.618. The van der Waals surface area contributed by atoms with Crippen molar-refractivity contribution >= 4 is 23.5 Å². The van der Waals surface area contributed by atoms with Crippen molar-refractivity contribution in [2.45, 2.75) is 32.7 Å². The summed E-state index contributed by atoms with van der Waals surface area (Å²) in [5.41, 5.74) is 2.45. The number of nitrogens with one attached hydrogen (secondary N) is 3. The van der Waals surface area contributed by atoms with Crippen LogP contribution in [0.2, 0.25) is 0 Å². The van der Waals surface area contributed by atoms with Crippen LogP contribution >= 0.6 is 0 Å². The van der Waals surface area contributed by atoms with E-state index in [-0.39, 0.29) is 18.5 Å². The lowest BCUT2D eigenvalue weighted by molar-refractivity contribution is -0.118. The van der Waals surface area contributed by atoms with E-state index in [0.29, 0.717) is 25.3 Å². The van der Waals surface area contributed by atoms with Gasteiger partial charge in [-0.15, -0.1) is 0 Å². The maximum Gasteiger partial charge on any atom is 0.321 e. The maximum absolute atomic E-state index is 12.5. The molecule has 2 rings (SSSR count). The van der Waals surface area contributed by atoms with Crippen molar-refractivity contribution in [3.8, 4) is 0 Å². The molecule has 0 fully saturated rings. The monoisotopic (exact) mass is 376 g/mol. The zero-order valence-corrected chi connectivity index (χ0v) is 16.1. The summed E-state index contributed by atoms with van der Waals surface area (Å²) < 4.78 is 4.84. The lowest BCUT2D eigenvalue weighted by Crippen LogP contribution is -2.46. The summed E-state index contributed by atoms with van der Waals surface area (Å²) in [6.07, 6.45) is 1.62. The molecule has 0 spiro atoms. The van der Waals surface area contributed by atoms with E-state index >= 15 is 0 Å². The number of benzene rings is 1. The molecule has 27 heavy (non-hydrogen) atoms. The van der Waals surface area contributed by atoms with Crippen LogP contribution in [0.5, 0.6) is 0 Å². The smallest absolute Gasteiger partial charge is 0.321 e. The zero-order chi connectivity index (χ0) is 19.8. The number of fused-ring (bicyclic) bond motifs is 1. The standard InChI is InChI=1S/C19H28N4O4/c1-13(2)21-18(25)15-6-4-8-16-14(15)7-5-10-23(16)12-17(24)22-19(26)20-9-11-27-3/h4,6,8,13H,5,7,9-12H2,1-3H3,(H,21,25)(H2,20,22,24,26). The number of anilines is 1. The molecule has 1 aromatic carbocycles. The molecular weight excluding hydrogens is 348 g/mol. The van der Waals surface area contributed by atoms with E-state index in [0.717, 1.165) is 24.1 Å². The molecule has 0 aromatic heterocycles. The van der Waals surface area contributed by atoms with Gasteiger partial charge in [0, 0.05) is 37.5 Å². The van der Waals surface area contributed by atoms with Crippen molar-refractivity contribution < 1.29 is 19.1 Å². The molecule has 0 bridgehead atoms. The van der Waals surface area contributed by atoms with Gasteiger partial charge in [0.25, 0.3) is 5.91 Å². The van der Waals surface area contributed by atoms with E-state index in [9.17, 15) is 14.4 Å². The van der Waals surface area contributed by atoms with Crippen LogP contribution in [0.3, 0.4) is 0 Å². The fourth-order valence-corrected chi connectivity index (χ4v) is 3.07. The van der Waals surface area contributed by atoms with E-state index in [4.69, 9.17) is 4.74 Å². The van der Waals surface area contributed by atoms with Crippen molar-refractivity contribution in [3.05, 3.63) is 29.3 Å². The highest BCUT2D eigenvalue weighted by Gasteiger charge is 2.24. The summed E-state index contributed by atoms with van der Waals surface area (Å²) in [4.78, 5) is 38.3. The van der Waals surface area contributed by atoms with E-state index in [1.54, 1.807) is 0 Å². The lowest BCUT2D eigenvalue weighted by Gasteiger charge is -2.31. The number of hydrogen-bond donors (Lipinski definition) is 3. The first kappa shape index (κ1) is 20.7. The highest BCUT2D eigenvalue weighted by Crippen LogP contribution is 2.29. The van der Waals surface area contributed by atoms with E-state index in [1.807, 2.05) is 36.9 Å². The van der Waals surface area contributed by atoms with Gasteiger partial charge < -0.3 is 20.3 Å². The Balaban J connectivity index is 2.04. The molecule has 0 aliphatic carbocycles. The lowest BCUT2D eigenvalue weighted by atomic mass is 9.95. The molecule has 0 radical (unpaired) electrons. The number of hydrogen-bond acceptors (Lipinski definition) is 5. The van der Waals surface area contributed by atoms with Gasteiger partial charge in [-0.1, -0.05) is 6.07 Å². The SMILES string of the molecule is COCCNC(=O)NC(=O)CN1CCCc2c(C(=O)NC(C)C)cccc21. The van der Waals surface area contributed by atoms with Gasteiger partial charge >= 0.3 is 6.03 Å². The molecule has 148 valence electrons. The van der Waals surface area contributed by atoms with E-state index in [1.165, 1.54) is 7.11 Å². The third-order valence-corrected chi connectivity index (χ3v) is 4.19. The number of carbonyl (C=O) groups excluding carboxylic acids is 3. The predicted octanol–water partition coefficient (Wildman–Crippen LogP) is 1.05. The number of carbonyl (C=O) groups is 3. The first-order chi connectivity index (χ1) is 12.9. The minimum absolute atomic E-state index is 0.0513. The van der Waals surface area contributed by atoms with Crippen molar-refractivity contribution in [2.24, 2.45) is 0 Å². The van der Waals surface area contributed by atoms with Gasteiger partial charge in [-0.25, -0.2) is 4.79 Å². The summed E-state index contributed by atoms with van der Waals surface area (Å²) in [5, 5.41) is 7.78. The Labute approximate surface area is 159 Å². The van der Waals surface area contributed by atoms with Gasteiger partial charge in [0.2, 0.25) is 5.91 Å². The fourth-order valence-electron chi connectivity index (χ4n) is 3.07. The Bertz CT molecular complexity index is 690. The van der Waals surface area contributed by atoms with Gasteiger partial charge in [0.1, 0.15) is 0 Å². The van der Waals surface area contributed by atoms with Crippen molar-refractivity contribution in [3.63, 3.8) is 0 Å². The number of urea groups is 1. The molecule has 0 unspecified atom stereocenters. The molecule has 1 aliphatic rings. The number of amides is 4. The van der Waals surface area contributed by atoms with E-state index in [2.05, 4.69) is 16.0 Å². The number of nitrogens with zero attached hydrogens (tertiary/aromatic N) is 1. The summed E-state index contributed by atoms with van der Waals surface area (Å²) >= 11 is 0. The van der Waals surface area contributed by atoms with Gasteiger partial charge in [-0.05, 0) is 44.4 Å². The molecule has 8 nitrogen and oxygen atoms in total. The fraction of sp³-hybridized carbons (Fsp3) is 0.526. The second-order valence-corrected chi connectivity index (χ2v) is 6.75. The topological polar surface area (TPSA) is 99.8 Å². The summed E-state index contributed by atoms with van der Waals surface area (Å²) in [7, 11) is 1.54. The Hall–Kier alpha value is -2.61. The second-order valence-electron chi connectivity index (χ2n) is 6.75. The van der Waals surface area contributed by atoms with Crippen LogP contribution < -0.4 is 20.9 Å². The first-order valence-corrected chi connectivity index (χ1v) is 9.16. The summed E-state index contributed by atoms with van der Waals surface area (Å²) in [5.74, 6) is -0.500. The van der Waals surface area contributed by atoms with Crippen LogP contribution in [0, 0.1) is 0 Å². The molecule has 8 heteroatoms. The third-order valence-electron chi connectivity index (χ3n) is 4.19. The van der Waals surface area contributed by atoms with Gasteiger partial charge in [0.05, 0.1) is 13.2 Å². The Morgan fingerprint density at radius 1 is 1.26 bits per heavy atom. The van der Waals surface area contributed by atoms with Gasteiger partial charge in [-0.3, -0.25) is 14.9 Å². The van der Waals surface area contributed by atoms with Gasteiger partial charge in [-0.2, -0.15) is 0 Å². The first-order valence-electron chi connectivity index (χ1n) is 9.16. The van der Waals surface area contributed by atoms with Crippen molar-refractivity contribution in [1.29, 1.82) is 0 Å². The number of methoxy groups -OCH3 is 1. The molecule has 0 saturated heterocycles. The van der Waals surface area contributed by atoms with Crippen molar-refractivity contribution in [1.82, 2.24) is 16.0 Å². The van der Waals surface area contributed by atoms with Crippen LogP contribution in [-0.4, -0.2) is 57.2 Å². The number of rotatable bonds is 7. The molecule has 0 atom stereocenters. The Morgan fingerprint density at radius 3 is 2.74 bits per heavy atom. The molecule has 1 aliphatic heterocycles. The Morgan fingerprint density at radius 2 is 2.04 bits per heavy atom. The average Bonchev–Trinajstić information content (AvgIpc) is 2.61. The third kappa shape index (κ3) is 5.96. The van der Waals surface area contributed by atoms with Crippen LogP contribution in [0.25, 0.3) is 0 Å². The Kier molecular flexibility index (Phi) is 7.60. The predicted molar refractivity (Wildman–Crippen MR) is 103 cm³/mol. The maximum atomic E-state index is 12.5. The number of ether oxygens (including phenoxy) is 1. The highest BCUT2D eigenvalue weighted by atomic mass is 16.5. The molecule has 0 saturated carbocycles. The zero-order valence-electron chi connectivity index (χ0n) is 16.1. The molecule has 4 amide bonds. The van der Waals surface area contributed by atoms with E-state index < -0.39 is 11.9 Å². The number of imide groups is 1. The van der Waals surface area contributed by atoms with Crippen LogP contribution in [0.4, 0.5) is 10.5 Å². The van der Waals surface area contributed by atoms with Crippen LogP contribution in [-0.2, 0) is 16.0 Å². The normalized spacial score (nSPS) is 13.1. The minimum Gasteiger partial charge on any atom is -0.383 e. The average molecular weight is 376 g/mol. The van der Waals surface area contributed by atoms with Crippen LogP contribution in [0.15, 0.2) is 18.2 Å². The van der Waals surface area contributed by atoms with Gasteiger partial charge in [0.15, 0.2) is 0 Å². The summed E-state index contributed by atoms with van der Waals surface area (Å²) in [6, 6.07) is 5.05. The largest absolute Gasteiger partial charge is 0.383 e.